The summed E-state index contributed by atoms with van der Waals surface area (Å²) in [5, 5.41) is 9.30. The molecule has 0 unspecified atom stereocenters. The first kappa shape index (κ1) is 33.0. The first-order chi connectivity index (χ1) is 23.5. The van der Waals surface area contributed by atoms with Crippen molar-refractivity contribution in [3.05, 3.63) is 77.6 Å². The molecule has 3 fully saturated rings. The largest absolute Gasteiger partial charge is 0.480 e. The molecule has 4 aromatic rings. The fourth-order valence-electron chi connectivity index (χ4n) is 6.74. The third-order valence-corrected chi connectivity index (χ3v) is 10.9. The van der Waals surface area contributed by atoms with Gasteiger partial charge in [-0.25, -0.2) is 18.2 Å². The number of likely N-dealkylation sites (tertiary alicyclic amines) is 1. The number of carbonyl (C=O) groups excluding carboxylic acids is 1. The average molecular weight is 698 g/mol. The SMILES string of the molecule is O=C(O)CN1CC(N2CCN(c3ccc(-c4cnc5[nH]cc(C(=O)c6c(F)ccc(NS(=O)(=O)N7CC[C@@H](F)C7)c6F)c5c4)cc3)CC2)C1. The van der Waals surface area contributed by atoms with Crippen LogP contribution in [-0.4, -0.2) is 120 Å². The van der Waals surface area contributed by atoms with Gasteiger partial charge in [0, 0.05) is 93.0 Å². The van der Waals surface area contributed by atoms with Crippen LogP contribution in [0.5, 0.6) is 0 Å². The monoisotopic (exact) mass is 697 g/mol. The van der Waals surface area contributed by atoms with E-state index in [0.29, 0.717) is 22.6 Å². The third kappa shape index (κ3) is 6.60. The number of hydrogen-bond acceptors (Lipinski definition) is 8. The molecule has 1 atom stereocenters. The fraction of sp³-hybridized carbons (Fsp3) is 0.364. The number of pyridine rings is 1. The smallest absolute Gasteiger partial charge is 0.317 e. The number of alkyl halides is 1. The second kappa shape index (κ2) is 13.1. The maximum Gasteiger partial charge on any atom is 0.317 e. The Morgan fingerprint density at radius 1 is 0.980 bits per heavy atom. The molecule has 3 aliphatic heterocycles. The number of hydrogen-bond donors (Lipinski definition) is 3. The van der Waals surface area contributed by atoms with Gasteiger partial charge in [0.1, 0.15) is 17.6 Å². The van der Waals surface area contributed by atoms with E-state index in [4.69, 9.17) is 5.11 Å². The number of H-pyrrole nitrogens is 1. The number of benzene rings is 2. The number of rotatable bonds is 10. The number of halogens is 3. The van der Waals surface area contributed by atoms with E-state index in [9.17, 15) is 26.8 Å². The van der Waals surface area contributed by atoms with Crippen LogP contribution in [0.2, 0.25) is 0 Å². The van der Waals surface area contributed by atoms with Crippen molar-refractivity contribution in [1.29, 1.82) is 0 Å². The summed E-state index contributed by atoms with van der Waals surface area (Å²) in [6.45, 7) is 4.58. The predicted molar refractivity (Wildman–Crippen MR) is 177 cm³/mol. The van der Waals surface area contributed by atoms with Crippen molar-refractivity contribution in [1.82, 2.24) is 24.1 Å². The topological polar surface area (TPSA) is 142 Å². The lowest BCUT2D eigenvalue weighted by molar-refractivity contribution is -0.140. The molecule has 3 saturated heterocycles. The summed E-state index contributed by atoms with van der Waals surface area (Å²) < 4.78 is 72.5. The van der Waals surface area contributed by atoms with Gasteiger partial charge in [0.15, 0.2) is 5.82 Å². The standard InChI is InChI=1S/C33H34F3N7O5S/c34-22-7-8-43(16-22)49(47,48)39-28-6-5-27(35)30(31(28)36)32(46)26-15-38-33-25(26)13-21(14-37-33)20-1-3-23(4-2-20)41-9-11-42(12-10-41)24-17-40(18-24)19-29(44)45/h1-6,13-15,22,24,39H,7-12,16-19H2,(H,37,38)(H,44,45)/t22-/m1/s1. The van der Waals surface area contributed by atoms with Crippen LogP contribution in [0.3, 0.4) is 0 Å². The second-order valence-corrected chi connectivity index (χ2v) is 14.3. The lowest BCUT2D eigenvalue weighted by atomic mass is 9.99. The molecule has 0 spiro atoms. The van der Waals surface area contributed by atoms with E-state index in [1.165, 1.54) is 6.20 Å². The molecule has 16 heteroatoms. The number of aliphatic carboxylic acids is 1. The lowest BCUT2D eigenvalue weighted by Gasteiger charge is -2.48. The predicted octanol–water partition coefficient (Wildman–Crippen LogP) is 3.33. The molecule has 2 aromatic carbocycles. The van der Waals surface area contributed by atoms with Crippen LogP contribution in [-0.2, 0) is 15.0 Å². The summed E-state index contributed by atoms with van der Waals surface area (Å²) in [7, 11) is -4.34. The molecular formula is C33H34F3N7O5S. The van der Waals surface area contributed by atoms with E-state index in [1.54, 1.807) is 12.3 Å². The normalized spacial score (nSPS) is 19.7. The zero-order valence-electron chi connectivity index (χ0n) is 26.3. The van der Waals surface area contributed by atoms with Gasteiger partial charge in [0.2, 0.25) is 5.78 Å². The molecule has 5 heterocycles. The number of nitrogens with zero attached hydrogens (tertiary/aromatic N) is 5. The summed E-state index contributed by atoms with van der Waals surface area (Å²) in [6, 6.07) is 11.7. The number of nitrogens with one attached hydrogen (secondary N) is 2. The molecule has 3 aliphatic rings. The van der Waals surface area contributed by atoms with Gasteiger partial charge in [0.25, 0.3) is 0 Å². The molecule has 0 amide bonds. The lowest BCUT2D eigenvalue weighted by Crippen LogP contribution is -2.63. The van der Waals surface area contributed by atoms with Crippen molar-refractivity contribution in [2.75, 3.05) is 68.5 Å². The Balaban J connectivity index is 1.06. The van der Waals surface area contributed by atoms with Crippen LogP contribution in [0.1, 0.15) is 22.3 Å². The Labute approximate surface area is 280 Å². The number of carbonyl (C=O) groups is 2. The van der Waals surface area contributed by atoms with Crippen molar-refractivity contribution >= 4 is 44.4 Å². The Morgan fingerprint density at radius 2 is 1.71 bits per heavy atom. The first-order valence-electron chi connectivity index (χ1n) is 15.9. The van der Waals surface area contributed by atoms with E-state index >= 15 is 4.39 Å². The van der Waals surface area contributed by atoms with Crippen LogP contribution in [0.4, 0.5) is 24.5 Å². The maximum atomic E-state index is 15.6. The van der Waals surface area contributed by atoms with E-state index in [0.717, 1.165) is 67.0 Å². The summed E-state index contributed by atoms with van der Waals surface area (Å²) in [5.74, 6) is -4.36. The van der Waals surface area contributed by atoms with Gasteiger partial charge < -0.3 is 15.0 Å². The van der Waals surface area contributed by atoms with Gasteiger partial charge in [-0.05, 0) is 42.3 Å². The summed E-state index contributed by atoms with van der Waals surface area (Å²) in [4.78, 5) is 38.4. The minimum absolute atomic E-state index is 0.00791. The summed E-state index contributed by atoms with van der Waals surface area (Å²) in [6.07, 6.45) is 1.60. The summed E-state index contributed by atoms with van der Waals surface area (Å²) in [5.41, 5.74) is 1.25. The Bertz CT molecular complexity index is 2010. The van der Waals surface area contributed by atoms with Crippen molar-refractivity contribution < 1.29 is 36.3 Å². The molecule has 49 heavy (non-hydrogen) atoms. The van der Waals surface area contributed by atoms with Gasteiger partial charge >= 0.3 is 16.2 Å². The van der Waals surface area contributed by atoms with Crippen molar-refractivity contribution in [3.63, 3.8) is 0 Å². The highest BCUT2D eigenvalue weighted by molar-refractivity contribution is 7.90. The molecular weight excluding hydrogens is 663 g/mol. The molecule has 3 N–H and O–H groups in total. The van der Waals surface area contributed by atoms with Gasteiger partial charge in [-0.2, -0.15) is 12.7 Å². The Kier molecular flexibility index (Phi) is 8.81. The van der Waals surface area contributed by atoms with Crippen LogP contribution in [0.15, 0.2) is 54.9 Å². The van der Waals surface area contributed by atoms with E-state index in [2.05, 4.69) is 19.8 Å². The zero-order chi connectivity index (χ0) is 34.4. The van der Waals surface area contributed by atoms with E-state index in [-0.39, 0.29) is 31.6 Å². The van der Waals surface area contributed by atoms with Gasteiger partial charge in [0.05, 0.1) is 17.8 Å². The zero-order valence-corrected chi connectivity index (χ0v) is 27.1. The highest BCUT2D eigenvalue weighted by Gasteiger charge is 2.35. The van der Waals surface area contributed by atoms with Crippen molar-refractivity contribution in [3.8, 4) is 11.1 Å². The Hall–Kier alpha value is -4.51. The van der Waals surface area contributed by atoms with Gasteiger partial charge in [-0.1, -0.05) is 12.1 Å². The molecule has 7 rings (SSSR count). The van der Waals surface area contributed by atoms with Crippen LogP contribution < -0.4 is 9.62 Å². The highest BCUT2D eigenvalue weighted by Crippen LogP contribution is 2.31. The molecule has 0 aliphatic carbocycles. The highest BCUT2D eigenvalue weighted by atomic mass is 32.2. The molecule has 0 radical (unpaired) electrons. The number of ketones is 1. The molecule has 0 bridgehead atoms. The number of carboxylic acids is 1. The van der Waals surface area contributed by atoms with Crippen LogP contribution >= 0.6 is 0 Å². The van der Waals surface area contributed by atoms with Crippen LogP contribution in [0.25, 0.3) is 22.2 Å². The number of aromatic nitrogens is 2. The van der Waals surface area contributed by atoms with E-state index in [1.807, 2.05) is 33.9 Å². The minimum atomic E-state index is -4.34. The second-order valence-electron chi connectivity index (χ2n) is 12.6. The number of fused-ring (bicyclic) bond motifs is 1. The molecule has 12 nitrogen and oxygen atoms in total. The van der Waals surface area contributed by atoms with Crippen molar-refractivity contribution in [2.45, 2.75) is 18.6 Å². The quantitative estimate of drug-likeness (QED) is 0.213. The average Bonchev–Trinajstić information content (AvgIpc) is 3.70. The Morgan fingerprint density at radius 3 is 2.39 bits per heavy atom. The third-order valence-electron chi connectivity index (χ3n) is 9.46. The maximum absolute atomic E-state index is 15.6. The molecule has 0 saturated carbocycles. The number of piperazine rings is 1. The molecule has 2 aromatic heterocycles. The minimum Gasteiger partial charge on any atom is -0.480 e. The van der Waals surface area contributed by atoms with Crippen molar-refractivity contribution in [2.24, 2.45) is 0 Å². The number of carboxylic acid groups (broad SMARTS) is 1. The van der Waals surface area contributed by atoms with Gasteiger partial charge in [-0.15, -0.1) is 0 Å². The number of anilines is 2. The first-order valence-corrected chi connectivity index (χ1v) is 17.4. The van der Waals surface area contributed by atoms with Crippen LogP contribution in [0, 0.1) is 11.6 Å². The fourth-order valence-corrected chi connectivity index (χ4v) is 8.00. The summed E-state index contributed by atoms with van der Waals surface area (Å²) >= 11 is 0. The van der Waals surface area contributed by atoms with E-state index < -0.39 is 51.0 Å². The van der Waals surface area contributed by atoms with Gasteiger partial charge in [-0.3, -0.25) is 24.1 Å². The number of aromatic amines is 1. The molecule has 258 valence electrons.